The van der Waals surface area contributed by atoms with Crippen LogP contribution in [0.2, 0.25) is 0 Å². The third kappa shape index (κ3) is 3.70. The van der Waals surface area contributed by atoms with Gasteiger partial charge in [0.1, 0.15) is 17.2 Å². The highest BCUT2D eigenvalue weighted by molar-refractivity contribution is 7.89. The van der Waals surface area contributed by atoms with Crippen molar-refractivity contribution in [3.05, 3.63) is 58.9 Å². The summed E-state index contributed by atoms with van der Waals surface area (Å²) in [6, 6.07) is 9.03. The van der Waals surface area contributed by atoms with Crippen LogP contribution in [0.3, 0.4) is 0 Å². The van der Waals surface area contributed by atoms with Crippen LogP contribution in [0.4, 0.5) is 4.39 Å². The molecule has 0 bridgehead atoms. The largest absolute Gasteiger partial charge is 0.487 e. The van der Waals surface area contributed by atoms with Gasteiger partial charge in [0.05, 0.1) is 10.9 Å². The van der Waals surface area contributed by atoms with Crippen molar-refractivity contribution < 1.29 is 17.5 Å². The molecule has 2 aromatic rings. The molecule has 0 fully saturated rings. The molecule has 1 heterocycles. The van der Waals surface area contributed by atoms with Crippen LogP contribution in [-0.4, -0.2) is 14.0 Å². The van der Waals surface area contributed by atoms with Gasteiger partial charge in [-0.05, 0) is 57.5 Å². The zero-order chi connectivity index (χ0) is 18.4. The van der Waals surface area contributed by atoms with Crippen molar-refractivity contribution in [1.82, 2.24) is 4.72 Å². The molecule has 2 aromatic carbocycles. The highest BCUT2D eigenvalue weighted by Crippen LogP contribution is 2.40. The molecule has 0 aromatic heterocycles. The number of nitrogens with one attached hydrogen (secondary N) is 1. The van der Waals surface area contributed by atoms with E-state index >= 15 is 0 Å². The molecule has 25 heavy (non-hydrogen) atoms. The Balaban J connectivity index is 2.00. The Morgan fingerprint density at radius 3 is 2.56 bits per heavy atom. The van der Waals surface area contributed by atoms with E-state index in [9.17, 15) is 12.8 Å². The van der Waals surface area contributed by atoms with Gasteiger partial charge in [0.25, 0.3) is 0 Å². The van der Waals surface area contributed by atoms with Gasteiger partial charge in [0.2, 0.25) is 10.0 Å². The predicted octanol–water partition coefficient (Wildman–Crippen LogP) is 4.02. The number of halogens is 1. The van der Waals surface area contributed by atoms with Crippen molar-refractivity contribution in [2.24, 2.45) is 0 Å². The smallest absolute Gasteiger partial charge is 0.241 e. The Labute approximate surface area is 148 Å². The van der Waals surface area contributed by atoms with Crippen LogP contribution in [0.1, 0.15) is 43.0 Å². The molecular formula is C19H22FNO3S. The number of fused-ring (bicyclic) bond motifs is 1. The molecular weight excluding hydrogens is 341 g/mol. The average molecular weight is 363 g/mol. The van der Waals surface area contributed by atoms with Crippen LogP contribution in [0.15, 0.2) is 41.3 Å². The van der Waals surface area contributed by atoms with E-state index in [4.69, 9.17) is 4.74 Å². The molecule has 0 saturated heterocycles. The first-order valence-corrected chi connectivity index (χ1v) is 9.64. The third-order valence-corrected chi connectivity index (χ3v) is 5.98. The van der Waals surface area contributed by atoms with E-state index < -0.39 is 27.5 Å². The maximum absolute atomic E-state index is 13.3. The van der Waals surface area contributed by atoms with Crippen LogP contribution in [0, 0.1) is 19.7 Å². The summed E-state index contributed by atoms with van der Waals surface area (Å²) in [6.45, 7) is 7.40. The minimum absolute atomic E-state index is 0.0902. The first-order valence-electron chi connectivity index (χ1n) is 8.15. The normalized spacial score (nSPS) is 19.2. The summed E-state index contributed by atoms with van der Waals surface area (Å²) >= 11 is 0. The molecule has 0 aliphatic carbocycles. The summed E-state index contributed by atoms with van der Waals surface area (Å²) in [5.41, 5.74) is 1.74. The molecule has 1 N–H and O–H groups in total. The second-order valence-corrected chi connectivity index (χ2v) is 8.87. The molecule has 1 aliphatic heterocycles. The SMILES string of the molecule is Cc1ccc2c(c1)C(NS(=O)(=O)c1ccc(F)cc1C)CC(C)(C)O2. The Hall–Kier alpha value is -1.92. The summed E-state index contributed by atoms with van der Waals surface area (Å²) in [4.78, 5) is 0.0902. The first kappa shape index (κ1) is 17.9. The molecule has 3 rings (SSSR count). The van der Waals surface area contributed by atoms with E-state index in [0.717, 1.165) is 17.2 Å². The molecule has 134 valence electrons. The minimum Gasteiger partial charge on any atom is -0.487 e. The predicted molar refractivity (Wildman–Crippen MR) is 94.7 cm³/mol. The number of aryl methyl sites for hydroxylation is 2. The van der Waals surface area contributed by atoms with Crippen molar-refractivity contribution in [3.8, 4) is 5.75 Å². The van der Waals surface area contributed by atoms with Crippen molar-refractivity contribution in [3.63, 3.8) is 0 Å². The highest BCUT2D eigenvalue weighted by Gasteiger charge is 2.36. The number of hydrogen-bond acceptors (Lipinski definition) is 3. The van der Waals surface area contributed by atoms with Gasteiger partial charge in [-0.3, -0.25) is 0 Å². The van der Waals surface area contributed by atoms with Gasteiger partial charge in [-0.25, -0.2) is 17.5 Å². The van der Waals surface area contributed by atoms with Gasteiger partial charge in [-0.2, -0.15) is 0 Å². The monoisotopic (exact) mass is 363 g/mol. The molecule has 0 amide bonds. The standard InChI is InChI=1S/C19H22FNO3S/c1-12-5-7-17-15(9-12)16(11-19(3,4)24-17)21-25(22,23)18-8-6-14(20)10-13(18)2/h5-10,16,21H,11H2,1-4H3. The zero-order valence-electron chi connectivity index (χ0n) is 14.8. The Kier molecular flexibility index (Phi) is 4.37. The van der Waals surface area contributed by atoms with E-state index in [0.29, 0.717) is 17.7 Å². The van der Waals surface area contributed by atoms with E-state index in [2.05, 4.69) is 4.72 Å². The van der Waals surface area contributed by atoms with Gasteiger partial charge in [0.15, 0.2) is 0 Å². The lowest BCUT2D eigenvalue weighted by atomic mass is 9.89. The first-order chi connectivity index (χ1) is 11.6. The fraction of sp³-hybridized carbons (Fsp3) is 0.368. The van der Waals surface area contributed by atoms with Crippen molar-refractivity contribution in [2.75, 3.05) is 0 Å². The van der Waals surface area contributed by atoms with Crippen LogP contribution in [-0.2, 0) is 10.0 Å². The van der Waals surface area contributed by atoms with E-state index in [1.165, 1.54) is 12.1 Å². The Bertz CT molecular complexity index is 922. The number of hydrogen-bond donors (Lipinski definition) is 1. The van der Waals surface area contributed by atoms with Crippen LogP contribution in [0.25, 0.3) is 0 Å². The van der Waals surface area contributed by atoms with Gasteiger partial charge < -0.3 is 4.74 Å². The number of benzene rings is 2. The molecule has 4 nitrogen and oxygen atoms in total. The second-order valence-electron chi connectivity index (χ2n) is 7.19. The molecule has 0 spiro atoms. The number of ether oxygens (including phenoxy) is 1. The third-order valence-electron chi connectivity index (χ3n) is 4.35. The van der Waals surface area contributed by atoms with Crippen LogP contribution >= 0.6 is 0 Å². The lowest BCUT2D eigenvalue weighted by molar-refractivity contribution is 0.0701. The highest BCUT2D eigenvalue weighted by atomic mass is 32.2. The molecule has 0 saturated carbocycles. The van der Waals surface area contributed by atoms with Crippen molar-refractivity contribution >= 4 is 10.0 Å². The van der Waals surface area contributed by atoms with Crippen LogP contribution in [0.5, 0.6) is 5.75 Å². The lowest BCUT2D eigenvalue weighted by Gasteiger charge is -2.38. The van der Waals surface area contributed by atoms with E-state index in [1.54, 1.807) is 6.92 Å². The fourth-order valence-electron chi connectivity index (χ4n) is 3.24. The van der Waals surface area contributed by atoms with Gasteiger partial charge >= 0.3 is 0 Å². The maximum atomic E-state index is 13.3. The summed E-state index contributed by atoms with van der Waals surface area (Å²) in [5, 5.41) is 0. The van der Waals surface area contributed by atoms with Gasteiger partial charge in [-0.1, -0.05) is 17.7 Å². The molecule has 0 radical (unpaired) electrons. The van der Waals surface area contributed by atoms with E-state index in [1.807, 2.05) is 39.0 Å². The second kappa shape index (κ2) is 6.11. The summed E-state index contributed by atoms with van der Waals surface area (Å²) in [5.74, 6) is 0.231. The summed E-state index contributed by atoms with van der Waals surface area (Å²) in [7, 11) is -3.79. The molecule has 1 unspecified atom stereocenters. The Morgan fingerprint density at radius 2 is 1.88 bits per heavy atom. The molecule has 6 heteroatoms. The van der Waals surface area contributed by atoms with Crippen LogP contribution < -0.4 is 9.46 Å². The van der Waals surface area contributed by atoms with Crippen molar-refractivity contribution in [2.45, 2.75) is 50.7 Å². The quantitative estimate of drug-likeness (QED) is 0.896. The zero-order valence-corrected chi connectivity index (χ0v) is 15.6. The summed E-state index contributed by atoms with van der Waals surface area (Å²) < 4.78 is 47.8. The van der Waals surface area contributed by atoms with Crippen molar-refractivity contribution in [1.29, 1.82) is 0 Å². The summed E-state index contributed by atoms with van der Waals surface area (Å²) in [6.07, 6.45) is 0.503. The number of sulfonamides is 1. The minimum atomic E-state index is -3.79. The Morgan fingerprint density at radius 1 is 1.16 bits per heavy atom. The lowest BCUT2D eigenvalue weighted by Crippen LogP contribution is -2.41. The van der Waals surface area contributed by atoms with Gasteiger partial charge in [0, 0.05) is 12.0 Å². The average Bonchev–Trinajstić information content (AvgIpc) is 2.46. The molecule has 1 atom stereocenters. The topological polar surface area (TPSA) is 55.4 Å². The fourth-order valence-corrected chi connectivity index (χ4v) is 4.69. The van der Waals surface area contributed by atoms with Gasteiger partial charge in [-0.15, -0.1) is 0 Å². The van der Waals surface area contributed by atoms with E-state index in [-0.39, 0.29) is 4.90 Å². The molecule has 1 aliphatic rings. The maximum Gasteiger partial charge on any atom is 0.241 e. The number of rotatable bonds is 3.